The Morgan fingerprint density at radius 1 is 0.938 bits per heavy atom. The lowest BCUT2D eigenvalue weighted by Gasteiger charge is -2.06. The maximum absolute atomic E-state index is 11.9. The number of nitrogens with one attached hydrogen (secondary N) is 1. The molecule has 0 bridgehead atoms. The van der Waals surface area contributed by atoms with E-state index in [2.05, 4.69) is 9.71 Å². The third-order valence-electron chi connectivity index (χ3n) is 1.99. The molecule has 16 heavy (non-hydrogen) atoms. The predicted molar refractivity (Wildman–Crippen MR) is 61.5 cm³/mol. The fraction of sp³-hybridized carbons (Fsp3) is 0. The van der Waals surface area contributed by atoms with Crippen LogP contribution in [0.3, 0.4) is 0 Å². The zero-order valence-corrected chi connectivity index (χ0v) is 9.18. The van der Waals surface area contributed by atoms with Gasteiger partial charge in [-0.2, -0.15) is 0 Å². The van der Waals surface area contributed by atoms with Gasteiger partial charge in [0.2, 0.25) is 0 Å². The molecule has 0 spiro atoms. The highest BCUT2D eigenvalue weighted by molar-refractivity contribution is 7.92. The van der Waals surface area contributed by atoms with Crippen molar-refractivity contribution in [3.8, 4) is 0 Å². The van der Waals surface area contributed by atoms with Crippen LogP contribution in [0.1, 0.15) is 0 Å². The average molecular weight is 234 g/mol. The highest BCUT2D eigenvalue weighted by Crippen LogP contribution is 2.14. The van der Waals surface area contributed by atoms with Crippen molar-refractivity contribution in [3.05, 3.63) is 54.9 Å². The Balaban J connectivity index is 2.29. The largest absolute Gasteiger partial charge is 0.280 e. The van der Waals surface area contributed by atoms with Crippen molar-refractivity contribution >= 4 is 15.7 Å². The number of anilines is 1. The van der Waals surface area contributed by atoms with E-state index in [9.17, 15) is 8.42 Å². The lowest BCUT2D eigenvalue weighted by molar-refractivity contribution is 0.601. The molecule has 0 unspecified atom stereocenters. The van der Waals surface area contributed by atoms with Crippen molar-refractivity contribution in [3.63, 3.8) is 0 Å². The van der Waals surface area contributed by atoms with Gasteiger partial charge in [-0.15, -0.1) is 0 Å². The SMILES string of the molecule is O=S(=O)(Nc1ccccc1)c1ccncc1. The van der Waals surface area contributed by atoms with Gasteiger partial charge in [0.05, 0.1) is 4.90 Å². The van der Waals surface area contributed by atoms with Crippen molar-refractivity contribution in [2.45, 2.75) is 4.90 Å². The summed E-state index contributed by atoms with van der Waals surface area (Å²) < 4.78 is 26.2. The molecule has 0 saturated carbocycles. The molecule has 0 saturated heterocycles. The molecule has 5 heteroatoms. The topological polar surface area (TPSA) is 59.1 Å². The number of aromatic nitrogens is 1. The van der Waals surface area contributed by atoms with E-state index < -0.39 is 10.0 Å². The Labute approximate surface area is 94.0 Å². The minimum absolute atomic E-state index is 0.200. The molecule has 0 atom stereocenters. The molecule has 1 aromatic heterocycles. The summed E-state index contributed by atoms with van der Waals surface area (Å²) >= 11 is 0. The summed E-state index contributed by atoms with van der Waals surface area (Å²) in [5, 5.41) is 0. The van der Waals surface area contributed by atoms with E-state index >= 15 is 0 Å². The zero-order chi connectivity index (χ0) is 11.4. The van der Waals surface area contributed by atoms with Gasteiger partial charge in [0.25, 0.3) is 10.0 Å². The number of rotatable bonds is 3. The van der Waals surface area contributed by atoms with Crippen LogP contribution in [-0.2, 0) is 10.0 Å². The highest BCUT2D eigenvalue weighted by atomic mass is 32.2. The maximum atomic E-state index is 11.9. The fourth-order valence-electron chi connectivity index (χ4n) is 1.24. The molecular formula is C11H10N2O2S. The standard InChI is InChI=1S/C11H10N2O2S/c14-16(15,11-6-8-12-9-7-11)13-10-4-2-1-3-5-10/h1-9,13H. The van der Waals surface area contributed by atoms with Gasteiger partial charge >= 0.3 is 0 Å². The van der Waals surface area contributed by atoms with Crippen LogP contribution in [0.4, 0.5) is 5.69 Å². The Kier molecular flexibility index (Phi) is 2.87. The van der Waals surface area contributed by atoms with Gasteiger partial charge in [-0.1, -0.05) is 18.2 Å². The molecule has 0 radical (unpaired) electrons. The molecule has 0 amide bonds. The second-order valence-corrected chi connectivity index (χ2v) is 4.84. The molecule has 1 N–H and O–H groups in total. The van der Waals surface area contributed by atoms with Gasteiger partial charge in [-0.05, 0) is 24.3 Å². The number of nitrogens with zero attached hydrogens (tertiary/aromatic N) is 1. The van der Waals surface area contributed by atoms with E-state index in [0.717, 1.165) is 0 Å². The second-order valence-electron chi connectivity index (χ2n) is 3.15. The lowest BCUT2D eigenvalue weighted by atomic mass is 10.3. The van der Waals surface area contributed by atoms with Crippen LogP contribution in [0.5, 0.6) is 0 Å². The monoisotopic (exact) mass is 234 g/mol. The fourth-order valence-corrected chi connectivity index (χ4v) is 2.28. The molecule has 82 valence electrons. The minimum atomic E-state index is -3.50. The van der Waals surface area contributed by atoms with Gasteiger partial charge < -0.3 is 0 Å². The summed E-state index contributed by atoms with van der Waals surface area (Å²) in [7, 11) is -3.50. The van der Waals surface area contributed by atoms with Crippen LogP contribution in [0.15, 0.2) is 59.8 Å². The molecule has 0 aliphatic heterocycles. The molecular weight excluding hydrogens is 224 g/mol. The number of hydrogen-bond donors (Lipinski definition) is 1. The minimum Gasteiger partial charge on any atom is -0.280 e. The van der Waals surface area contributed by atoms with Crippen LogP contribution in [0.2, 0.25) is 0 Å². The van der Waals surface area contributed by atoms with Crippen LogP contribution in [0, 0.1) is 0 Å². The predicted octanol–water partition coefficient (Wildman–Crippen LogP) is 1.88. The Hall–Kier alpha value is -1.88. The van der Waals surface area contributed by atoms with Crippen molar-refractivity contribution in [1.82, 2.24) is 4.98 Å². The van der Waals surface area contributed by atoms with Crippen LogP contribution >= 0.6 is 0 Å². The van der Waals surface area contributed by atoms with Gasteiger partial charge in [-0.25, -0.2) is 8.42 Å². The van der Waals surface area contributed by atoms with Crippen molar-refractivity contribution in [2.24, 2.45) is 0 Å². The molecule has 2 rings (SSSR count). The summed E-state index contributed by atoms with van der Waals surface area (Å²) in [5.74, 6) is 0. The Morgan fingerprint density at radius 3 is 2.19 bits per heavy atom. The lowest BCUT2D eigenvalue weighted by Crippen LogP contribution is -2.12. The summed E-state index contributed by atoms with van der Waals surface area (Å²) in [6, 6.07) is 11.6. The third kappa shape index (κ3) is 2.38. The first-order valence-corrected chi connectivity index (χ1v) is 6.15. The number of hydrogen-bond acceptors (Lipinski definition) is 3. The number of benzene rings is 1. The molecule has 1 heterocycles. The number of para-hydroxylation sites is 1. The van der Waals surface area contributed by atoms with Crippen LogP contribution in [-0.4, -0.2) is 13.4 Å². The van der Waals surface area contributed by atoms with Crippen molar-refractivity contribution < 1.29 is 8.42 Å². The quantitative estimate of drug-likeness (QED) is 0.882. The van der Waals surface area contributed by atoms with E-state index in [1.165, 1.54) is 24.5 Å². The second kappa shape index (κ2) is 4.32. The first-order valence-electron chi connectivity index (χ1n) is 4.66. The summed E-state index contributed by atoms with van der Waals surface area (Å²) in [5.41, 5.74) is 0.541. The summed E-state index contributed by atoms with van der Waals surface area (Å²) in [6.45, 7) is 0. The van der Waals surface area contributed by atoms with Crippen LogP contribution in [0.25, 0.3) is 0 Å². The first-order chi connectivity index (χ1) is 7.68. The molecule has 2 aromatic rings. The maximum Gasteiger partial charge on any atom is 0.262 e. The summed E-state index contributed by atoms with van der Waals surface area (Å²) in [6.07, 6.45) is 2.89. The van der Waals surface area contributed by atoms with E-state index in [1.54, 1.807) is 24.3 Å². The highest BCUT2D eigenvalue weighted by Gasteiger charge is 2.12. The summed E-state index contributed by atoms with van der Waals surface area (Å²) in [4.78, 5) is 3.97. The zero-order valence-electron chi connectivity index (χ0n) is 8.37. The molecule has 0 aliphatic carbocycles. The first kappa shape index (κ1) is 10.6. The van der Waals surface area contributed by atoms with Gasteiger partial charge in [0.15, 0.2) is 0 Å². The molecule has 4 nitrogen and oxygen atoms in total. The number of sulfonamides is 1. The van der Waals surface area contributed by atoms with E-state index in [4.69, 9.17) is 0 Å². The molecule has 1 aromatic carbocycles. The van der Waals surface area contributed by atoms with E-state index in [1.807, 2.05) is 6.07 Å². The smallest absolute Gasteiger partial charge is 0.262 e. The van der Waals surface area contributed by atoms with Gasteiger partial charge in [0, 0.05) is 18.1 Å². The van der Waals surface area contributed by atoms with Gasteiger partial charge in [0.1, 0.15) is 0 Å². The van der Waals surface area contributed by atoms with Crippen LogP contribution < -0.4 is 4.72 Å². The third-order valence-corrected chi connectivity index (χ3v) is 3.38. The van der Waals surface area contributed by atoms with E-state index in [-0.39, 0.29) is 4.90 Å². The average Bonchev–Trinajstić information content (AvgIpc) is 2.31. The van der Waals surface area contributed by atoms with Crippen molar-refractivity contribution in [1.29, 1.82) is 0 Å². The Morgan fingerprint density at radius 2 is 1.56 bits per heavy atom. The number of pyridine rings is 1. The normalized spacial score (nSPS) is 11.0. The molecule has 0 fully saturated rings. The Bertz CT molecular complexity index is 553. The molecule has 0 aliphatic rings. The van der Waals surface area contributed by atoms with Crippen molar-refractivity contribution in [2.75, 3.05) is 4.72 Å². The van der Waals surface area contributed by atoms with Gasteiger partial charge in [-0.3, -0.25) is 9.71 Å². The van der Waals surface area contributed by atoms with E-state index in [0.29, 0.717) is 5.69 Å².